The molecule has 0 aromatic heterocycles. The SMILES string of the molecule is CCN1CCCC1CN=C(N)NCCCN1CCCC1C(=O)N(C)C. The standard InChI is InChI=1S/C18H36N6O/c1-4-23-11-5-8-15(23)14-21-18(19)20-10-7-13-24-12-6-9-16(24)17(25)22(2)3/h15-16H,4-14H2,1-3H3,(H3,19,20,21). The molecule has 7 nitrogen and oxygen atoms in total. The van der Waals surface area contributed by atoms with E-state index in [1.807, 2.05) is 14.1 Å². The van der Waals surface area contributed by atoms with Crippen LogP contribution in [0.2, 0.25) is 0 Å². The van der Waals surface area contributed by atoms with Crippen LogP contribution in [-0.2, 0) is 4.79 Å². The van der Waals surface area contributed by atoms with Crippen molar-refractivity contribution in [3.05, 3.63) is 0 Å². The van der Waals surface area contributed by atoms with Crippen molar-refractivity contribution in [3.8, 4) is 0 Å². The first-order chi connectivity index (χ1) is 12.0. The third-order valence-corrected chi connectivity index (χ3v) is 5.40. The quantitative estimate of drug-likeness (QED) is 0.374. The topological polar surface area (TPSA) is 77.2 Å². The maximum Gasteiger partial charge on any atom is 0.239 e. The fourth-order valence-corrected chi connectivity index (χ4v) is 3.95. The number of hydrogen-bond acceptors (Lipinski definition) is 4. The number of rotatable bonds is 8. The molecule has 0 saturated carbocycles. The Balaban J connectivity index is 1.65. The van der Waals surface area contributed by atoms with Crippen LogP contribution in [-0.4, -0.2) is 92.0 Å². The van der Waals surface area contributed by atoms with E-state index in [1.165, 1.54) is 19.4 Å². The van der Waals surface area contributed by atoms with E-state index in [0.717, 1.165) is 52.0 Å². The maximum atomic E-state index is 12.2. The summed E-state index contributed by atoms with van der Waals surface area (Å²) in [7, 11) is 3.67. The molecular weight excluding hydrogens is 316 g/mol. The molecule has 0 aromatic rings. The number of carbonyl (C=O) groups excluding carboxylic acids is 1. The zero-order chi connectivity index (χ0) is 18.2. The van der Waals surface area contributed by atoms with Gasteiger partial charge in [0.1, 0.15) is 0 Å². The fraction of sp³-hybridized carbons (Fsp3) is 0.889. The zero-order valence-electron chi connectivity index (χ0n) is 16.2. The minimum absolute atomic E-state index is 0.0587. The summed E-state index contributed by atoms with van der Waals surface area (Å²) in [4.78, 5) is 23.2. The van der Waals surface area contributed by atoms with Crippen LogP contribution in [0.25, 0.3) is 0 Å². The molecule has 144 valence electrons. The highest BCUT2D eigenvalue weighted by molar-refractivity contribution is 5.81. The Bertz CT molecular complexity index is 453. The molecule has 2 heterocycles. The van der Waals surface area contributed by atoms with E-state index >= 15 is 0 Å². The number of nitrogens with zero attached hydrogens (tertiary/aromatic N) is 4. The van der Waals surface area contributed by atoms with Crippen LogP contribution >= 0.6 is 0 Å². The first-order valence-corrected chi connectivity index (χ1v) is 9.76. The number of nitrogens with two attached hydrogens (primary N) is 1. The minimum atomic E-state index is 0.0587. The van der Waals surface area contributed by atoms with Gasteiger partial charge in [0.2, 0.25) is 5.91 Å². The summed E-state index contributed by atoms with van der Waals surface area (Å²) >= 11 is 0. The van der Waals surface area contributed by atoms with Crippen molar-refractivity contribution < 1.29 is 4.79 Å². The summed E-state index contributed by atoms with van der Waals surface area (Å²) in [5.74, 6) is 0.772. The van der Waals surface area contributed by atoms with E-state index in [2.05, 4.69) is 27.0 Å². The Morgan fingerprint density at radius 2 is 1.96 bits per heavy atom. The molecular formula is C18H36N6O. The average molecular weight is 353 g/mol. The lowest BCUT2D eigenvalue weighted by atomic mass is 10.2. The van der Waals surface area contributed by atoms with Gasteiger partial charge in [-0.25, -0.2) is 0 Å². The van der Waals surface area contributed by atoms with Crippen LogP contribution in [0, 0.1) is 0 Å². The van der Waals surface area contributed by atoms with Crippen LogP contribution in [0.1, 0.15) is 39.0 Å². The molecule has 0 aromatic carbocycles. The second kappa shape index (κ2) is 9.97. The number of likely N-dealkylation sites (tertiary alicyclic amines) is 2. The van der Waals surface area contributed by atoms with Gasteiger partial charge in [0.15, 0.2) is 5.96 Å². The monoisotopic (exact) mass is 352 g/mol. The molecule has 2 saturated heterocycles. The summed E-state index contributed by atoms with van der Waals surface area (Å²) in [5.41, 5.74) is 5.99. The van der Waals surface area contributed by atoms with Gasteiger partial charge in [0.25, 0.3) is 0 Å². The van der Waals surface area contributed by atoms with Crippen molar-refractivity contribution in [2.45, 2.75) is 51.1 Å². The Kier molecular flexibility index (Phi) is 7.96. The summed E-state index contributed by atoms with van der Waals surface area (Å²) in [5, 5.41) is 3.22. The fourth-order valence-electron chi connectivity index (χ4n) is 3.95. The Morgan fingerprint density at radius 1 is 1.24 bits per heavy atom. The molecule has 0 bridgehead atoms. The number of aliphatic imine (C=N–C) groups is 1. The number of nitrogens with one attached hydrogen (secondary N) is 1. The minimum Gasteiger partial charge on any atom is -0.370 e. The van der Waals surface area contributed by atoms with E-state index in [1.54, 1.807) is 4.90 Å². The molecule has 2 rings (SSSR count). The van der Waals surface area contributed by atoms with Crippen molar-refractivity contribution in [2.75, 3.05) is 53.4 Å². The van der Waals surface area contributed by atoms with Crippen molar-refractivity contribution in [2.24, 2.45) is 10.7 Å². The largest absolute Gasteiger partial charge is 0.370 e. The Hall–Kier alpha value is -1.34. The Labute approximate surface area is 152 Å². The Morgan fingerprint density at radius 3 is 2.68 bits per heavy atom. The van der Waals surface area contributed by atoms with Crippen molar-refractivity contribution >= 4 is 11.9 Å². The van der Waals surface area contributed by atoms with Crippen LogP contribution in [0.15, 0.2) is 4.99 Å². The van der Waals surface area contributed by atoms with E-state index in [4.69, 9.17) is 5.73 Å². The van der Waals surface area contributed by atoms with Crippen molar-refractivity contribution in [1.82, 2.24) is 20.0 Å². The van der Waals surface area contributed by atoms with Crippen LogP contribution in [0.5, 0.6) is 0 Å². The number of amides is 1. The third kappa shape index (κ3) is 5.85. The average Bonchev–Trinajstić information content (AvgIpc) is 3.24. The zero-order valence-corrected chi connectivity index (χ0v) is 16.2. The van der Waals surface area contributed by atoms with Gasteiger partial charge in [-0.3, -0.25) is 19.6 Å². The number of guanidine groups is 1. The van der Waals surface area contributed by atoms with Crippen molar-refractivity contribution in [1.29, 1.82) is 0 Å². The lowest BCUT2D eigenvalue weighted by Gasteiger charge is -2.26. The lowest BCUT2D eigenvalue weighted by molar-refractivity contribution is -0.133. The van der Waals surface area contributed by atoms with Gasteiger partial charge in [0.05, 0.1) is 12.6 Å². The highest BCUT2D eigenvalue weighted by Gasteiger charge is 2.31. The van der Waals surface area contributed by atoms with Crippen molar-refractivity contribution in [3.63, 3.8) is 0 Å². The van der Waals surface area contributed by atoms with Crippen LogP contribution in [0.4, 0.5) is 0 Å². The van der Waals surface area contributed by atoms with Gasteiger partial charge in [-0.1, -0.05) is 6.92 Å². The maximum absolute atomic E-state index is 12.2. The highest BCUT2D eigenvalue weighted by atomic mass is 16.2. The molecule has 3 N–H and O–H groups in total. The van der Waals surface area contributed by atoms with Gasteiger partial charge in [-0.05, 0) is 51.7 Å². The molecule has 2 aliphatic rings. The van der Waals surface area contributed by atoms with Crippen LogP contribution < -0.4 is 11.1 Å². The van der Waals surface area contributed by atoms with Gasteiger partial charge in [0, 0.05) is 33.2 Å². The summed E-state index contributed by atoms with van der Waals surface area (Å²) in [6.45, 7) is 8.02. The molecule has 2 unspecified atom stereocenters. The van der Waals surface area contributed by atoms with Gasteiger partial charge in [-0.15, -0.1) is 0 Å². The van der Waals surface area contributed by atoms with E-state index in [-0.39, 0.29) is 11.9 Å². The lowest BCUT2D eigenvalue weighted by Crippen LogP contribution is -2.43. The van der Waals surface area contributed by atoms with E-state index in [9.17, 15) is 4.79 Å². The number of likely N-dealkylation sites (N-methyl/N-ethyl adjacent to an activating group) is 2. The molecule has 2 atom stereocenters. The third-order valence-electron chi connectivity index (χ3n) is 5.40. The van der Waals surface area contributed by atoms with Gasteiger partial charge >= 0.3 is 0 Å². The number of hydrogen-bond donors (Lipinski definition) is 2. The smallest absolute Gasteiger partial charge is 0.239 e. The highest BCUT2D eigenvalue weighted by Crippen LogP contribution is 2.19. The van der Waals surface area contributed by atoms with Crippen LogP contribution in [0.3, 0.4) is 0 Å². The first kappa shape index (κ1) is 20.0. The predicted molar refractivity (Wildman–Crippen MR) is 103 cm³/mol. The molecule has 0 spiro atoms. The molecule has 7 heteroatoms. The summed E-state index contributed by atoms with van der Waals surface area (Å²) < 4.78 is 0. The molecule has 25 heavy (non-hydrogen) atoms. The van der Waals surface area contributed by atoms with E-state index in [0.29, 0.717) is 12.0 Å². The second-order valence-electron chi connectivity index (χ2n) is 7.36. The molecule has 0 radical (unpaired) electrons. The molecule has 2 fully saturated rings. The molecule has 0 aliphatic carbocycles. The summed E-state index contributed by atoms with van der Waals surface area (Å²) in [6.07, 6.45) is 5.54. The first-order valence-electron chi connectivity index (χ1n) is 9.76. The second-order valence-corrected chi connectivity index (χ2v) is 7.36. The number of carbonyl (C=O) groups is 1. The predicted octanol–water partition coefficient (Wildman–Crippen LogP) is 0.318. The molecule has 2 aliphatic heterocycles. The van der Waals surface area contributed by atoms with E-state index < -0.39 is 0 Å². The molecule has 1 amide bonds. The normalized spacial score (nSPS) is 25.5. The summed E-state index contributed by atoms with van der Waals surface area (Å²) in [6, 6.07) is 0.608. The van der Waals surface area contributed by atoms with Gasteiger partial charge in [-0.2, -0.15) is 0 Å². The van der Waals surface area contributed by atoms with Gasteiger partial charge < -0.3 is 16.0 Å².